The van der Waals surface area contributed by atoms with Gasteiger partial charge in [0.2, 0.25) is 0 Å². The van der Waals surface area contributed by atoms with E-state index in [-0.39, 0.29) is 25.9 Å². The first-order valence-electron chi connectivity index (χ1n) is 2.50. The van der Waals surface area contributed by atoms with Crippen LogP contribution in [-0.2, 0) is 0 Å². The van der Waals surface area contributed by atoms with Gasteiger partial charge in [-0.2, -0.15) is 0 Å². The third-order valence-electron chi connectivity index (χ3n) is 0.610. The van der Waals surface area contributed by atoms with E-state index >= 15 is 0 Å². The van der Waals surface area contributed by atoms with Crippen molar-refractivity contribution in [3.63, 3.8) is 0 Å². The predicted octanol–water partition coefficient (Wildman–Crippen LogP) is 2.44. The summed E-state index contributed by atoms with van der Waals surface area (Å²) in [6.07, 6.45) is 4.29. The Kier molecular flexibility index (Phi) is 11.7. The molecule has 0 saturated heterocycles. The number of halogens is 1. The second kappa shape index (κ2) is 7.99. The molecule has 0 aromatic rings. The molecule has 8 heavy (non-hydrogen) atoms. The van der Waals surface area contributed by atoms with Gasteiger partial charge in [0.05, 0.1) is 0 Å². The van der Waals surface area contributed by atoms with E-state index in [0.717, 1.165) is 5.33 Å². The molecule has 0 spiro atoms. The van der Waals surface area contributed by atoms with Crippen molar-refractivity contribution in [2.45, 2.75) is 13.8 Å². The first-order valence-corrected chi connectivity index (χ1v) is 3.62. The van der Waals surface area contributed by atoms with Crippen molar-refractivity contribution in [3.05, 3.63) is 12.2 Å². The van der Waals surface area contributed by atoms with E-state index in [9.17, 15) is 0 Å². The van der Waals surface area contributed by atoms with Gasteiger partial charge in [0.15, 0.2) is 0 Å². The maximum atomic E-state index is 3.29. The Morgan fingerprint density at radius 2 is 2.12 bits per heavy atom. The van der Waals surface area contributed by atoms with Crippen molar-refractivity contribution < 1.29 is 2.85 Å². The summed E-state index contributed by atoms with van der Waals surface area (Å²) >= 11 is 3.29. The van der Waals surface area contributed by atoms with E-state index in [1.807, 2.05) is 0 Å². The van der Waals surface area contributed by atoms with Crippen molar-refractivity contribution in [3.8, 4) is 0 Å². The van der Waals surface area contributed by atoms with Gasteiger partial charge in [0.1, 0.15) is 0 Å². The summed E-state index contributed by atoms with van der Waals surface area (Å²) in [6.45, 7) is 4.33. The van der Waals surface area contributed by atoms with E-state index in [2.05, 4.69) is 41.9 Å². The van der Waals surface area contributed by atoms with E-state index in [0.29, 0.717) is 5.92 Å². The summed E-state index contributed by atoms with van der Waals surface area (Å²) in [5.41, 5.74) is 0. The Labute approximate surface area is 79.0 Å². The molecule has 0 N–H and O–H groups in total. The van der Waals surface area contributed by atoms with Gasteiger partial charge in [-0.15, -0.1) is 0 Å². The first kappa shape index (κ1) is 11.7. The quantitative estimate of drug-likeness (QED) is 0.355. The number of hydrogen-bond donors (Lipinski definition) is 0. The monoisotopic (exact) mass is 188 g/mol. The molecular weight excluding hydrogens is 176 g/mol. The van der Waals surface area contributed by atoms with Crippen molar-refractivity contribution >= 4 is 39.0 Å². The van der Waals surface area contributed by atoms with Crippen LogP contribution in [0.1, 0.15) is 16.7 Å². The van der Waals surface area contributed by atoms with Gasteiger partial charge in [-0.1, -0.05) is 41.9 Å². The molecule has 2 heteroatoms. The minimum absolute atomic E-state index is 0. The van der Waals surface area contributed by atoms with E-state index in [4.69, 9.17) is 0 Å². The SMILES string of the molecule is CC(C)/C=C/CBr.[H-].[H-].[Mg+2]. The van der Waals surface area contributed by atoms with Crippen LogP contribution in [0.5, 0.6) is 0 Å². The second-order valence-electron chi connectivity index (χ2n) is 1.83. The normalized spacial score (nSPS) is 10.0. The molecule has 0 atom stereocenters. The smallest absolute Gasteiger partial charge is 1.00 e. The zero-order chi connectivity index (χ0) is 5.70. The molecule has 0 fully saturated rings. The summed E-state index contributed by atoms with van der Waals surface area (Å²) < 4.78 is 0. The number of alkyl halides is 1. The molecule has 0 rings (SSSR count). The molecular formula is C6H13BrMg. The molecule has 0 unspecified atom stereocenters. The predicted molar refractivity (Wildman–Crippen MR) is 45.8 cm³/mol. The Morgan fingerprint density at radius 3 is 2.25 bits per heavy atom. The second-order valence-corrected chi connectivity index (χ2v) is 2.47. The maximum absolute atomic E-state index is 3.29. The summed E-state index contributed by atoms with van der Waals surface area (Å²) in [7, 11) is 0. The summed E-state index contributed by atoms with van der Waals surface area (Å²) in [4.78, 5) is 0. The molecule has 0 aromatic carbocycles. The Morgan fingerprint density at radius 1 is 1.62 bits per heavy atom. The standard InChI is InChI=1S/C6H11Br.Mg.2H/c1-6(2)4-3-5-7;;;/h3-4,6H,5H2,1-2H3;;;/q;+2;2*-1/b4-3+;;;. The Bertz CT molecular complexity index is 66.8. The molecule has 0 aromatic heterocycles. The van der Waals surface area contributed by atoms with Crippen LogP contribution in [-0.4, -0.2) is 28.4 Å². The molecule has 0 aliphatic rings. The summed E-state index contributed by atoms with van der Waals surface area (Å²) in [5, 5.41) is 0.977. The van der Waals surface area contributed by atoms with Crippen LogP contribution in [0.4, 0.5) is 0 Å². The van der Waals surface area contributed by atoms with Crippen LogP contribution < -0.4 is 0 Å². The van der Waals surface area contributed by atoms with Crippen molar-refractivity contribution in [1.29, 1.82) is 0 Å². The van der Waals surface area contributed by atoms with Gasteiger partial charge in [0.25, 0.3) is 0 Å². The fourth-order valence-corrected chi connectivity index (χ4v) is 0.539. The fraction of sp³-hybridized carbons (Fsp3) is 0.667. The third kappa shape index (κ3) is 10.1. The minimum atomic E-state index is 0. The molecule has 0 aliphatic carbocycles. The summed E-state index contributed by atoms with van der Waals surface area (Å²) in [5.74, 6) is 0.692. The molecule has 0 nitrogen and oxygen atoms in total. The Balaban J connectivity index is -0.0000000600. The van der Waals surface area contributed by atoms with Crippen molar-refractivity contribution in [2.24, 2.45) is 5.92 Å². The average molecular weight is 189 g/mol. The zero-order valence-corrected chi connectivity index (χ0v) is 8.52. The number of hydrogen-bond acceptors (Lipinski definition) is 0. The first-order chi connectivity index (χ1) is 3.27. The van der Waals surface area contributed by atoms with Gasteiger partial charge in [-0.25, -0.2) is 0 Å². The number of rotatable bonds is 2. The van der Waals surface area contributed by atoms with E-state index in [1.165, 1.54) is 0 Å². The van der Waals surface area contributed by atoms with E-state index in [1.54, 1.807) is 0 Å². The van der Waals surface area contributed by atoms with Gasteiger partial charge in [-0.05, 0) is 5.92 Å². The molecule has 0 amide bonds. The maximum Gasteiger partial charge on any atom is 2.00 e. The largest absolute Gasteiger partial charge is 2.00 e. The van der Waals surface area contributed by atoms with Gasteiger partial charge in [-0.3, -0.25) is 0 Å². The van der Waals surface area contributed by atoms with E-state index < -0.39 is 0 Å². The van der Waals surface area contributed by atoms with Crippen LogP contribution in [0.25, 0.3) is 0 Å². The molecule has 0 saturated carbocycles. The number of allylic oxidation sites excluding steroid dienone is 2. The van der Waals surface area contributed by atoms with Crippen molar-refractivity contribution in [1.82, 2.24) is 0 Å². The molecule has 0 aliphatic heterocycles. The fourth-order valence-electron chi connectivity index (χ4n) is 0.324. The van der Waals surface area contributed by atoms with Crippen LogP contribution in [0.2, 0.25) is 0 Å². The average Bonchev–Trinajstić information content (AvgIpc) is 1.61. The molecule has 0 bridgehead atoms. The summed E-state index contributed by atoms with van der Waals surface area (Å²) in [6, 6.07) is 0. The van der Waals surface area contributed by atoms with Gasteiger partial charge < -0.3 is 2.85 Å². The van der Waals surface area contributed by atoms with Crippen LogP contribution in [0, 0.1) is 5.92 Å². The van der Waals surface area contributed by atoms with Crippen LogP contribution >= 0.6 is 15.9 Å². The van der Waals surface area contributed by atoms with Crippen LogP contribution in [0.15, 0.2) is 12.2 Å². The zero-order valence-electron chi connectivity index (χ0n) is 7.52. The van der Waals surface area contributed by atoms with Crippen LogP contribution in [0.3, 0.4) is 0 Å². The van der Waals surface area contributed by atoms with Crippen molar-refractivity contribution in [2.75, 3.05) is 5.33 Å². The molecule has 0 radical (unpaired) electrons. The minimum Gasteiger partial charge on any atom is -1.00 e. The molecule has 46 valence electrons. The molecule has 0 heterocycles. The van der Waals surface area contributed by atoms with Gasteiger partial charge >= 0.3 is 23.1 Å². The topological polar surface area (TPSA) is 0 Å². The van der Waals surface area contributed by atoms with Gasteiger partial charge in [0, 0.05) is 5.33 Å². The third-order valence-corrected chi connectivity index (χ3v) is 0.984. The Hall–Kier alpha value is 0.986.